The van der Waals surface area contributed by atoms with Crippen LogP contribution >= 0.6 is 11.6 Å². The van der Waals surface area contributed by atoms with Crippen molar-refractivity contribution in [1.82, 2.24) is 15.1 Å². The summed E-state index contributed by atoms with van der Waals surface area (Å²) >= 11 is 6.52. The number of rotatable bonds is 5. The monoisotopic (exact) mass is 520 g/mol. The Morgan fingerprint density at radius 2 is 1.78 bits per heavy atom. The molecule has 1 aliphatic heterocycles. The average Bonchev–Trinajstić information content (AvgIpc) is 2.93. The fraction of sp³-hybridized carbons (Fsp3) is 0.179. The number of amides is 1. The lowest BCUT2D eigenvalue weighted by atomic mass is 9.95. The molecule has 4 aromatic rings. The quantitative estimate of drug-likeness (QED) is 0.359. The molecule has 2 heterocycles. The Balaban J connectivity index is 1.51. The number of nitrogens with zero attached hydrogens (tertiary/aromatic N) is 4. The third kappa shape index (κ3) is 4.72. The van der Waals surface area contributed by atoms with Gasteiger partial charge in [0.15, 0.2) is 17.4 Å². The normalized spacial score (nSPS) is 13.7. The van der Waals surface area contributed by atoms with Crippen LogP contribution in [0.4, 0.5) is 14.6 Å². The number of aromatic nitrogens is 2. The Kier molecular flexibility index (Phi) is 6.76. The summed E-state index contributed by atoms with van der Waals surface area (Å²) in [7, 11) is 0. The van der Waals surface area contributed by atoms with Gasteiger partial charge in [0, 0.05) is 59.5 Å². The third-order valence-corrected chi connectivity index (χ3v) is 6.96. The van der Waals surface area contributed by atoms with E-state index in [2.05, 4.69) is 16.8 Å². The van der Waals surface area contributed by atoms with Crippen molar-refractivity contribution in [2.45, 2.75) is 6.42 Å². The highest BCUT2D eigenvalue weighted by Gasteiger charge is 2.24. The molecular formula is C28H23ClF2N4O2. The van der Waals surface area contributed by atoms with Crippen LogP contribution < -0.4 is 4.90 Å². The zero-order valence-corrected chi connectivity index (χ0v) is 20.6. The van der Waals surface area contributed by atoms with E-state index in [0.717, 1.165) is 5.39 Å². The molecule has 1 fully saturated rings. The molecule has 1 amide bonds. The average molecular weight is 521 g/mol. The fourth-order valence-electron chi connectivity index (χ4n) is 4.65. The molecular weight excluding hydrogens is 498 g/mol. The number of piperazine rings is 1. The van der Waals surface area contributed by atoms with Gasteiger partial charge in [-0.3, -0.25) is 4.79 Å². The van der Waals surface area contributed by atoms with Crippen molar-refractivity contribution >= 4 is 34.1 Å². The lowest BCUT2D eigenvalue weighted by Crippen LogP contribution is -2.48. The molecule has 3 aromatic carbocycles. The van der Waals surface area contributed by atoms with Crippen molar-refractivity contribution in [3.05, 3.63) is 95.2 Å². The number of hydrogen-bond acceptors (Lipinski definition) is 5. The summed E-state index contributed by atoms with van der Waals surface area (Å²) in [5, 5.41) is 20.9. The first-order valence-electron chi connectivity index (χ1n) is 11.7. The maximum absolute atomic E-state index is 15.6. The summed E-state index contributed by atoms with van der Waals surface area (Å²) in [6.45, 7) is 5.72. The number of carbonyl (C=O) groups is 1. The molecule has 0 saturated carbocycles. The second kappa shape index (κ2) is 10.1. The minimum Gasteiger partial charge on any atom is -0.505 e. The lowest BCUT2D eigenvalue weighted by Gasteiger charge is -2.35. The molecule has 6 nitrogen and oxygen atoms in total. The van der Waals surface area contributed by atoms with E-state index in [4.69, 9.17) is 11.6 Å². The van der Waals surface area contributed by atoms with Crippen LogP contribution in [-0.2, 0) is 11.2 Å². The highest BCUT2D eigenvalue weighted by molar-refractivity contribution is 6.32. The van der Waals surface area contributed by atoms with Crippen molar-refractivity contribution < 1.29 is 18.7 Å². The number of carbonyl (C=O) groups excluding carboxylic acids is 1. The van der Waals surface area contributed by atoms with Crippen molar-refractivity contribution in [2.24, 2.45) is 0 Å². The Morgan fingerprint density at radius 3 is 2.49 bits per heavy atom. The molecule has 0 spiro atoms. The first-order valence-corrected chi connectivity index (χ1v) is 12.1. The fourth-order valence-corrected chi connectivity index (χ4v) is 4.92. The Labute approximate surface area is 217 Å². The molecule has 188 valence electrons. The van der Waals surface area contributed by atoms with Crippen LogP contribution in [0, 0.1) is 11.6 Å². The minimum absolute atomic E-state index is 0.110. The van der Waals surface area contributed by atoms with E-state index in [0.29, 0.717) is 48.5 Å². The van der Waals surface area contributed by atoms with E-state index in [1.165, 1.54) is 24.3 Å². The van der Waals surface area contributed by atoms with Gasteiger partial charge in [-0.15, -0.1) is 5.10 Å². The number of hydrogen-bond donors (Lipinski definition) is 1. The smallest absolute Gasteiger partial charge is 0.246 e. The number of phenolic OH excluding ortho intramolecular Hbond substituents is 1. The number of halogens is 3. The van der Waals surface area contributed by atoms with Crippen molar-refractivity contribution in [2.75, 3.05) is 31.1 Å². The molecule has 1 saturated heterocycles. The first-order chi connectivity index (χ1) is 17.9. The van der Waals surface area contributed by atoms with Crippen LogP contribution in [0.15, 0.2) is 67.4 Å². The summed E-state index contributed by atoms with van der Waals surface area (Å²) < 4.78 is 28.8. The van der Waals surface area contributed by atoms with Gasteiger partial charge in [0.25, 0.3) is 0 Å². The SMILES string of the molecule is C=CC(=O)N1CCN(c2nncc3c(-c4cc(Cl)c(Cc5ccc(F)cc5)c(O)c4F)cccc23)CC1. The van der Waals surface area contributed by atoms with E-state index >= 15 is 4.39 Å². The Hall–Kier alpha value is -4.04. The van der Waals surface area contributed by atoms with Gasteiger partial charge in [0.2, 0.25) is 5.91 Å². The predicted octanol–water partition coefficient (Wildman–Crippen LogP) is 5.36. The van der Waals surface area contributed by atoms with Crippen molar-refractivity contribution in [3.63, 3.8) is 0 Å². The highest BCUT2D eigenvalue weighted by atomic mass is 35.5. The molecule has 0 unspecified atom stereocenters. The minimum atomic E-state index is -0.802. The summed E-state index contributed by atoms with van der Waals surface area (Å²) in [5.41, 5.74) is 1.56. The van der Waals surface area contributed by atoms with E-state index in [1.807, 2.05) is 11.0 Å². The second-order valence-electron chi connectivity index (χ2n) is 8.80. The number of fused-ring (bicyclic) bond motifs is 1. The van der Waals surface area contributed by atoms with Gasteiger partial charge in [-0.05, 0) is 35.4 Å². The number of anilines is 1. The predicted molar refractivity (Wildman–Crippen MR) is 140 cm³/mol. The molecule has 0 atom stereocenters. The maximum atomic E-state index is 15.6. The van der Waals surface area contributed by atoms with Gasteiger partial charge >= 0.3 is 0 Å². The highest BCUT2D eigenvalue weighted by Crippen LogP contribution is 2.40. The van der Waals surface area contributed by atoms with Gasteiger partial charge in [-0.25, -0.2) is 8.78 Å². The summed E-state index contributed by atoms with van der Waals surface area (Å²) in [4.78, 5) is 15.7. The van der Waals surface area contributed by atoms with Crippen LogP contribution in [0.25, 0.3) is 21.9 Å². The van der Waals surface area contributed by atoms with Gasteiger partial charge < -0.3 is 14.9 Å². The van der Waals surface area contributed by atoms with Crippen molar-refractivity contribution in [3.8, 4) is 16.9 Å². The van der Waals surface area contributed by atoms with Crippen LogP contribution in [0.3, 0.4) is 0 Å². The van der Waals surface area contributed by atoms with E-state index < -0.39 is 11.6 Å². The third-order valence-electron chi connectivity index (χ3n) is 6.63. The van der Waals surface area contributed by atoms with Crippen LogP contribution in [0.1, 0.15) is 11.1 Å². The van der Waals surface area contributed by atoms with Gasteiger partial charge in [-0.1, -0.05) is 48.5 Å². The van der Waals surface area contributed by atoms with Gasteiger partial charge in [0.05, 0.1) is 6.20 Å². The van der Waals surface area contributed by atoms with Crippen LogP contribution in [0.5, 0.6) is 5.75 Å². The summed E-state index contributed by atoms with van der Waals surface area (Å²) in [5.74, 6) is -1.21. The molecule has 1 aliphatic rings. The van der Waals surface area contributed by atoms with Crippen molar-refractivity contribution in [1.29, 1.82) is 0 Å². The van der Waals surface area contributed by atoms with Crippen LogP contribution in [0.2, 0.25) is 5.02 Å². The maximum Gasteiger partial charge on any atom is 0.246 e. The standard InChI is InChI=1S/C28H23ClF2N4O2/c1-2-25(36)34-10-12-35(13-11-34)28-20-5-3-4-19(23(20)16-32-33-28)21-15-24(29)22(27(37)26(21)31)14-17-6-8-18(30)9-7-17/h2-9,15-16,37H,1,10-14H2. The molecule has 37 heavy (non-hydrogen) atoms. The van der Waals surface area contributed by atoms with E-state index in [9.17, 15) is 14.3 Å². The van der Waals surface area contributed by atoms with E-state index in [-0.39, 0.29) is 34.3 Å². The topological polar surface area (TPSA) is 69.6 Å². The Morgan fingerprint density at radius 1 is 1.05 bits per heavy atom. The zero-order chi connectivity index (χ0) is 26.1. The molecule has 1 aromatic heterocycles. The molecule has 0 aliphatic carbocycles. The molecule has 5 rings (SSSR count). The van der Waals surface area contributed by atoms with Gasteiger partial charge in [0.1, 0.15) is 5.82 Å². The summed E-state index contributed by atoms with van der Waals surface area (Å²) in [6.07, 6.45) is 3.01. The molecule has 9 heteroatoms. The second-order valence-corrected chi connectivity index (χ2v) is 9.21. The number of aromatic hydroxyl groups is 1. The number of phenols is 1. The largest absolute Gasteiger partial charge is 0.505 e. The summed E-state index contributed by atoms with van der Waals surface area (Å²) in [6, 6.07) is 12.6. The van der Waals surface area contributed by atoms with Crippen LogP contribution in [-0.4, -0.2) is 52.3 Å². The first kappa shape index (κ1) is 24.6. The molecule has 0 radical (unpaired) electrons. The van der Waals surface area contributed by atoms with E-state index in [1.54, 1.807) is 35.4 Å². The lowest BCUT2D eigenvalue weighted by molar-refractivity contribution is -0.126. The number of benzene rings is 3. The van der Waals surface area contributed by atoms with Gasteiger partial charge in [-0.2, -0.15) is 5.10 Å². The molecule has 0 bridgehead atoms. The molecule has 1 N–H and O–H groups in total. The zero-order valence-electron chi connectivity index (χ0n) is 19.8. The Bertz CT molecular complexity index is 1500.